The number of carbonyl (C=O) groups is 1. The van der Waals surface area contributed by atoms with Gasteiger partial charge in [-0.05, 0) is 19.9 Å². The van der Waals surface area contributed by atoms with Crippen LogP contribution in [-0.2, 0) is 4.79 Å². The lowest BCUT2D eigenvalue weighted by Gasteiger charge is -2.34. The molecule has 25 heavy (non-hydrogen) atoms. The predicted octanol–water partition coefficient (Wildman–Crippen LogP) is 0.898. The molecule has 0 aliphatic carbocycles. The minimum atomic E-state index is 0.179. The molecule has 2 N–H and O–H groups in total. The third kappa shape index (κ3) is 4.33. The molecule has 3 heterocycles. The Morgan fingerprint density at radius 2 is 2.00 bits per heavy atom. The van der Waals surface area contributed by atoms with Crippen molar-refractivity contribution in [1.82, 2.24) is 30.4 Å². The summed E-state index contributed by atoms with van der Waals surface area (Å²) in [5.74, 6) is 0.929. The summed E-state index contributed by atoms with van der Waals surface area (Å²) in [6.45, 7) is 7.72. The zero-order chi connectivity index (χ0) is 17.6. The van der Waals surface area contributed by atoms with E-state index in [0.717, 1.165) is 30.3 Å². The van der Waals surface area contributed by atoms with Crippen molar-refractivity contribution in [3.05, 3.63) is 35.9 Å². The number of carbonyl (C=O) groups excluding carboxylic acids is 1. The lowest BCUT2D eigenvalue weighted by atomic mass is 10.1. The van der Waals surface area contributed by atoms with Crippen LogP contribution >= 0.6 is 0 Å². The second-order valence-corrected chi connectivity index (χ2v) is 6.29. The summed E-state index contributed by atoms with van der Waals surface area (Å²) >= 11 is 0. The first-order chi connectivity index (χ1) is 12.1. The van der Waals surface area contributed by atoms with Crippen LogP contribution in [0.2, 0.25) is 0 Å². The fraction of sp³-hybridized carbons (Fsp3) is 0.529. The van der Waals surface area contributed by atoms with Gasteiger partial charge in [-0.1, -0.05) is 0 Å². The maximum absolute atomic E-state index is 12.4. The van der Waals surface area contributed by atoms with Crippen LogP contribution < -0.4 is 10.2 Å². The van der Waals surface area contributed by atoms with E-state index in [9.17, 15) is 4.79 Å². The smallest absolute Gasteiger partial charge is 0.225 e. The van der Waals surface area contributed by atoms with Gasteiger partial charge in [-0.15, -0.1) is 0 Å². The van der Waals surface area contributed by atoms with Gasteiger partial charge in [-0.3, -0.25) is 9.89 Å². The van der Waals surface area contributed by atoms with Crippen LogP contribution in [-0.4, -0.2) is 63.7 Å². The lowest BCUT2D eigenvalue weighted by Crippen LogP contribution is -2.49. The topological polar surface area (TPSA) is 90.0 Å². The highest BCUT2D eigenvalue weighted by molar-refractivity contribution is 5.76. The lowest BCUT2D eigenvalue weighted by molar-refractivity contribution is -0.131. The Balaban J connectivity index is 1.40. The number of nitrogens with zero attached hydrogens (tertiary/aromatic N) is 5. The number of hydrogen-bond acceptors (Lipinski definition) is 6. The number of amides is 1. The minimum absolute atomic E-state index is 0.179. The maximum Gasteiger partial charge on any atom is 0.225 e. The average molecular weight is 343 g/mol. The van der Waals surface area contributed by atoms with Crippen LogP contribution in [0.5, 0.6) is 0 Å². The van der Waals surface area contributed by atoms with Gasteiger partial charge in [-0.25, -0.2) is 9.97 Å². The predicted molar refractivity (Wildman–Crippen MR) is 95.2 cm³/mol. The van der Waals surface area contributed by atoms with Crippen LogP contribution in [0.15, 0.2) is 24.7 Å². The van der Waals surface area contributed by atoms with E-state index in [-0.39, 0.29) is 11.9 Å². The van der Waals surface area contributed by atoms with Crippen LogP contribution in [0, 0.1) is 6.92 Å². The fourth-order valence-electron chi connectivity index (χ4n) is 3.07. The van der Waals surface area contributed by atoms with E-state index >= 15 is 0 Å². The first-order valence-corrected chi connectivity index (χ1v) is 8.68. The van der Waals surface area contributed by atoms with Crippen molar-refractivity contribution < 1.29 is 4.79 Å². The molecule has 1 aliphatic heterocycles. The molecule has 3 rings (SSSR count). The Bertz CT molecular complexity index is 679. The van der Waals surface area contributed by atoms with Crippen molar-refractivity contribution in [3.63, 3.8) is 0 Å². The van der Waals surface area contributed by atoms with Gasteiger partial charge in [0.15, 0.2) is 0 Å². The largest absolute Gasteiger partial charge is 0.339 e. The molecule has 0 unspecified atom stereocenters. The normalized spacial score (nSPS) is 16.1. The Morgan fingerprint density at radius 1 is 1.28 bits per heavy atom. The van der Waals surface area contributed by atoms with E-state index in [1.165, 1.54) is 0 Å². The first kappa shape index (κ1) is 17.3. The number of rotatable bonds is 6. The number of piperazine rings is 1. The molecule has 0 bridgehead atoms. The molecule has 1 atom stereocenters. The van der Waals surface area contributed by atoms with Gasteiger partial charge in [0.25, 0.3) is 0 Å². The summed E-state index contributed by atoms with van der Waals surface area (Å²) in [7, 11) is 0. The van der Waals surface area contributed by atoms with Crippen LogP contribution in [0.25, 0.3) is 0 Å². The SMILES string of the molecule is Cc1[nH]ncc1[C@@H](C)NCCC(=O)N1CCN(c2ncccn2)CC1. The number of H-pyrrole nitrogens is 1. The fourth-order valence-corrected chi connectivity index (χ4v) is 3.07. The number of anilines is 1. The number of hydrogen-bond donors (Lipinski definition) is 2. The van der Waals surface area contributed by atoms with Gasteiger partial charge >= 0.3 is 0 Å². The molecule has 1 saturated heterocycles. The van der Waals surface area contributed by atoms with Crippen molar-refractivity contribution >= 4 is 11.9 Å². The van der Waals surface area contributed by atoms with Crippen molar-refractivity contribution in [2.45, 2.75) is 26.3 Å². The molecular weight excluding hydrogens is 318 g/mol. The summed E-state index contributed by atoms with van der Waals surface area (Å²) < 4.78 is 0. The van der Waals surface area contributed by atoms with E-state index in [1.54, 1.807) is 12.4 Å². The Hall–Kier alpha value is -2.48. The van der Waals surface area contributed by atoms with E-state index in [4.69, 9.17) is 0 Å². The number of aromatic amines is 1. The van der Waals surface area contributed by atoms with Gasteiger partial charge in [0.2, 0.25) is 11.9 Å². The average Bonchev–Trinajstić information content (AvgIpc) is 3.08. The van der Waals surface area contributed by atoms with E-state index in [1.807, 2.05) is 24.1 Å². The number of aromatic nitrogens is 4. The van der Waals surface area contributed by atoms with E-state index in [0.29, 0.717) is 26.1 Å². The van der Waals surface area contributed by atoms with E-state index in [2.05, 4.69) is 37.3 Å². The van der Waals surface area contributed by atoms with Crippen molar-refractivity contribution in [1.29, 1.82) is 0 Å². The van der Waals surface area contributed by atoms with Crippen LogP contribution in [0.1, 0.15) is 30.6 Å². The summed E-state index contributed by atoms with van der Waals surface area (Å²) in [6, 6.07) is 1.99. The molecular formula is C17H25N7O. The summed E-state index contributed by atoms with van der Waals surface area (Å²) in [5.41, 5.74) is 2.20. The molecule has 1 amide bonds. The molecule has 134 valence electrons. The summed E-state index contributed by atoms with van der Waals surface area (Å²) in [4.78, 5) is 25.0. The minimum Gasteiger partial charge on any atom is -0.339 e. The molecule has 0 radical (unpaired) electrons. The van der Waals surface area contributed by atoms with Gasteiger partial charge in [0.05, 0.1) is 6.20 Å². The molecule has 0 aromatic carbocycles. The second-order valence-electron chi connectivity index (χ2n) is 6.29. The quantitative estimate of drug-likeness (QED) is 0.810. The summed E-state index contributed by atoms with van der Waals surface area (Å²) in [5, 5.41) is 10.4. The van der Waals surface area contributed by atoms with E-state index < -0.39 is 0 Å². The second kappa shape index (κ2) is 8.06. The molecule has 1 aliphatic rings. The molecule has 2 aromatic rings. The molecule has 1 fully saturated rings. The zero-order valence-electron chi connectivity index (χ0n) is 14.8. The van der Waals surface area contributed by atoms with Gasteiger partial charge < -0.3 is 15.1 Å². The van der Waals surface area contributed by atoms with Crippen LogP contribution in [0.3, 0.4) is 0 Å². The summed E-state index contributed by atoms with van der Waals surface area (Å²) in [6.07, 6.45) is 5.83. The number of aryl methyl sites for hydroxylation is 1. The highest BCUT2D eigenvalue weighted by Crippen LogP contribution is 2.14. The van der Waals surface area contributed by atoms with Crippen molar-refractivity contribution in [2.24, 2.45) is 0 Å². The molecule has 0 saturated carbocycles. The van der Waals surface area contributed by atoms with Crippen molar-refractivity contribution in [2.75, 3.05) is 37.6 Å². The van der Waals surface area contributed by atoms with Gasteiger partial charge in [-0.2, -0.15) is 5.10 Å². The zero-order valence-corrected chi connectivity index (χ0v) is 14.8. The standard InChI is InChI=1S/C17H25N7O/c1-13(15-12-21-22-14(15)2)18-7-4-16(25)23-8-10-24(11-9-23)17-19-5-3-6-20-17/h3,5-6,12-13,18H,4,7-11H2,1-2H3,(H,21,22)/t13-/m1/s1. The first-order valence-electron chi connectivity index (χ1n) is 8.68. The van der Waals surface area contributed by atoms with Gasteiger partial charge in [0.1, 0.15) is 0 Å². The third-order valence-electron chi connectivity index (χ3n) is 4.59. The molecule has 2 aromatic heterocycles. The van der Waals surface area contributed by atoms with Gasteiger partial charge in [0, 0.05) is 68.8 Å². The monoisotopic (exact) mass is 343 g/mol. The highest BCUT2D eigenvalue weighted by Gasteiger charge is 2.22. The Morgan fingerprint density at radius 3 is 2.64 bits per heavy atom. The maximum atomic E-state index is 12.4. The number of nitrogens with one attached hydrogen (secondary N) is 2. The Labute approximate surface area is 147 Å². The molecule has 8 heteroatoms. The highest BCUT2D eigenvalue weighted by atomic mass is 16.2. The molecule has 0 spiro atoms. The third-order valence-corrected chi connectivity index (χ3v) is 4.59. The molecule has 8 nitrogen and oxygen atoms in total. The van der Waals surface area contributed by atoms with Crippen LogP contribution in [0.4, 0.5) is 5.95 Å². The Kier molecular flexibility index (Phi) is 5.60. The van der Waals surface area contributed by atoms with Crippen molar-refractivity contribution in [3.8, 4) is 0 Å².